The maximum Gasteiger partial charge on any atom is 0.212 e. The number of rotatable bonds is 2. The monoisotopic (exact) mass is 280 g/mol. The molecule has 0 amide bonds. The lowest BCUT2D eigenvalue weighted by molar-refractivity contribution is -0.646. The normalized spacial score (nSPS) is 11.3. The average molecular weight is 281 g/mol. The summed E-state index contributed by atoms with van der Waals surface area (Å²) >= 11 is 6.17. The summed E-state index contributed by atoms with van der Waals surface area (Å²) in [7, 11) is 2.08. The minimum Gasteiger partial charge on any atom is -0.195 e. The predicted molar refractivity (Wildman–Crippen MR) is 85.5 cm³/mol. The molecule has 1 nitrogen and oxygen atoms in total. The third kappa shape index (κ3) is 2.45. The van der Waals surface area contributed by atoms with Crippen LogP contribution < -0.4 is 4.57 Å². The van der Waals surface area contributed by atoms with Gasteiger partial charge < -0.3 is 0 Å². The molecule has 0 spiro atoms. The van der Waals surface area contributed by atoms with Crippen LogP contribution in [-0.4, -0.2) is 0 Å². The van der Waals surface area contributed by atoms with E-state index in [9.17, 15) is 0 Å². The lowest BCUT2D eigenvalue weighted by Crippen LogP contribution is -2.32. The molecule has 98 valence electrons. The lowest BCUT2D eigenvalue weighted by Gasteiger charge is -2.00. The Morgan fingerprint density at radius 1 is 0.850 bits per heavy atom. The minimum atomic E-state index is 0.771. The van der Waals surface area contributed by atoms with E-state index in [0.29, 0.717) is 0 Å². The quantitative estimate of drug-likeness (QED) is 0.609. The van der Waals surface area contributed by atoms with Crippen LogP contribution in [-0.2, 0) is 7.05 Å². The van der Waals surface area contributed by atoms with Crippen molar-refractivity contribution in [3.63, 3.8) is 0 Å². The Balaban J connectivity index is 2.03. The van der Waals surface area contributed by atoms with Crippen LogP contribution in [0.5, 0.6) is 0 Å². The molecule has 3 aromatic rings. The van der Waals surface area contributed by atoms with Crippen molar-refractivity contribution in [1.29, 1.82) is 0 Å². The van der Waals surface area contributed by atoms with Crippen LogP contribution in [0.1, 0.15) is 11.3 Å². The molecule has 1 heterocycles. The molecule has 0 unspecified atom stereocenters. The molecule has 0 saturated heterocycles. The molecule has 0 aliphatic heterocycles. The highest BCUT2D eigenvalue weighted by Gasteiger charge is 2.08. The number of fused-ring (bicyclic) bond motifs is 1. The number of halogens is 1. The molecule has 3 rings (SSSR count). The Morgan fingerprint density at radius 3 is 2.45 bits per heavy atom. The van der Waals surface area contributed by atoms with Gasteiger partial charge in [0.15, 0.2) is 0 Å². The zero-order chi connectivity index (χ0) is 13.9. The maximum atomic E-state index is 6.17. The van der Waals surface area contributed by atoms with Crippen LogP contribution in [0, 0.1) is 0 Å². The number of para-hydroxylation sites is 1. The zero-order valence-electron chi connectivity index (χ0n) is 11.3. The Kier molecular flexibility index (Phi) is 3.53. The summed E-state index contributed by atoms with van der Waals surface area (Å²) in [5.41, 5.74) is 3.39. The van der Waals surface area contributed by atoms with Gasteiger partial charge in [0, 0.05) is 28.6 Å². The third-order valence-corrected chi connectivity index (χ3v) is 3.80. The number of benzene rings is 2. The highest BCUT2D eigenvalue weighted by molar-refractivity contribution is 6.32. The second-order valence-corrected chi connectivity index (χ2v) is 5.14. The second kappa shape index (κ2) is 5.48. The average Bonchev–Trinajstić information content (AvgIpc) is 2.48. The van der Waals surface area contributed by atoms with E-state index < -0.39 is 0 Å². The van der Waals surface area contributed by atoms with Gasteiger partial charge in [-0.2, -0.15) is 4.57 Å². The van der Waals surface area contributed by atoms with E-state index in [-0.39, 0.29) is 0 Å². The van der Waals surface area contributed by atoms with E-state index in [4.69, 9.17) is 11.6 Å². The lowest BCUT2D eigenvalue weighted by atomic mass is 10.1. The van der Waals surface area contributed by atoms with Crippen molar-refractivity contribution in [2.75, 3.05) is 0 Å². The molecule has 20 heavy (non-hydrogen) atoms. The van der Waals surface area contributed by atoms with Gasteiger partial charge in [0.2, 0.25) is 11.2 Å². The minimum absolute atomic E-state index is 0.771. The van der Waals surface area contributed by atoms with Crippen molar-refractivity contribution in [2.45, 2.75) is 0 Å². The van der Waals surface area contributed by atoms with E-state index >= 15 is 0 Å². The predicted octanol–water partition coefficient (Wildman–Crippen LogP) is 4.49. The molecule has 0 aliphatic carbocycles. The van der Waals surface area contributed by atoms with Gasteiger partial charge in [-0.25, -0.2) is 0 Å². The van der Waals surface area contributed by atoms with Gasteiger partial charge >= 0.3 is 0 Å². The number of nitrogens with zero attached hydrogens (tertiary/aromatic N) is 1. The van der Waals surface area contributed by atoms with E-state index in [1.54, 1.807) is 0 Å². The smallest absolute Gasteiger partial charge is 0.195 e. The van der Waals surface area contributed by atoms with E-state index in [1.807, 2.05) is 30.3 Å². The fraction of sp³-hybridized carbons (Fsp3) is 0.0556. The Morgan fingerprint density at radius 2 is 1.60 bits per heavy atom. The van der Waals surface area contributed by atoms with E-state index in [2.05, 4.69) is 54.1 Å². The Labute approximate surface area is 123 Å². The number of aryl methyl sites for hydroxylation is 1. The van der Waals surface area contributed by atoms with Gasteiger partial charge in [0.1, 0.15) is 7.05 Å². The van der Waals surface area contributed by atoms with Crippen molar-refractivity contribution >= 4 is 34.7 Å². The van der Waals surface area contributed by atoms with Crippen molar-refractivity contribution < 1.29 is 4.57 Å². The third-order valence-electron chi connectivity index (χ3n) is 3.46. The van der Waals surface area contributed by atoms with Crippen LogP contribution in [0.3, 0.4) is 0 Å². The summed E-state index contributed by atoms with van der Waals surface area (Å²) in [6.07, 6.45) is 4.14. The highest BCUT2D eigenvalue weighted by Crippen LogP contribution is 2.18. The first-order valence-electron chi connectivity index (χ1n) is 6.56. The van der Waals surface area contributed by atoms with Gasteiger partial charge in [0.05, 0.1) is 0 Å². The topological polar surface area (TPSA) is 3.88 Å². The largest absolute Gasteiger partial charge is 0.212 e. The molecule has 0 aliphatic rings. The fourth-order valence-electron chi connectivity index (χ4n) is 2.31. The summed E-state index contributed by atoms with van der Waals surface area (Å²) in [4.78, 5) is 0. The number of aromatic nitrogens is 1. The molecular formula is C18H15ClN+. The van der Waals surface area contributed by atoms with Gasteiger partial charge in [0.25, 0.3) is 0 Å². The van der Waals surface area contributed by atoms with Crippen molar-refractivity contribution in [3.8, 4) is 0 Å². The molecule has 2 aromatic carbocycles. The number of pyridine rings is 1. The van der Waals surface area contributed by atoms with Crippen LogP contribution in [0.25, 0.3) is 23.1 Å². The second-order valence-electron chi connectivity index (χ2n) is 4.73. The van der Waals surface area contributed by atoms with E-state index in [1.165, 1.54) is 10.9 Å². The summed E-state index contributed by atoms with van der Waals surface area (Å²) in [5.74, 6) is 0. The summed E-state index contributed by atoms with van der Waals surface area (Å²) in [6, 6.07) is 20.5. The Hall–Kier alpha value is -2.12. The summed E-state index contributed by atoms with van der Waals surface area (Å²) in [6.45, 7) is 0. The zero-order valence-corrected chi connectivity index (χ0v) is 12.0. The van der Waals surface area contributed by atoms with Gasteiger partial charge in [-0.3, -0.25) is 0 Å². The molecular weight excluding hydrogens is 266 g/mol. The van der Waals surface area contributed by atoms with Crippen LogP contribution >= 0.6 is 11.6 Å². The summed E-state index contributed by atoms with van der Waals surface area (Å²) in [5, 5.41) is 2.01. The standard InChI is InChI=1S/C18H15ClN/c1-20-16(12-10-14-6-2-4-8-17(14)19)13-11-15-7-3-5-9-18(15)20/h2-13H,1H3/q+1/b12-10+. The first kappa shape index (κ1) is 12.9. The van der Waals surface area contributed by atoms with Crippen LogP contribution in [0.15, 0.2) is 60.7 Å². The molecule has 0 radical (unpaired) electrons. The molecule has 0 bridgehead atoms. The first-order valence-corrected chi connectivity index (χ1v) is 6.94. The number of hydrogen-bond donors (Lipinski definition) is 0. The fourth-order valence-corrected chi connectivity index (χ4v) is 2.51. The first-order chi connectivity index (χ1) is 9.75. The van der Waals surface area contributed by atoms with Gasteiger partial charge in [-0.15, -0.1) is 0 Å². The van der Waals surface area contributed by atoms with E-state index in [0.717, 1.165) is 16.3 Å². The number of hydrogen-bond acceptors (Lipinski definition) is 0. The molecule has 1 aromatic heterocycles. The summed E-state index contributed by atoms with van der Waals surface area (Å²) < 4.78 is 2.18. The maximum absolute atomic E-state index is 6.17. The molecule has 0 saturated carbocycles. The van der Waals surface area contributed by atoms with Crippen molar-refractivity contribution in [3.05, 3.63) is 76.9 Å². The molecule has 0 atom stereocenters. The van der Waals surface area contributed by atoms with Crippen LogP contribution in [0.4, 0.5) is 0 Å². The molecule has 2 heteroatoms. The Bertz CT molecular complexity index is 790. The highest BCUT2D eigenvalue weighted by atomic mass is 35.5. The van der Waals surface area contributed by atoms with Gasteiger partial charge in [-0.1, -0.05) is 41.9 Å². The molecule has 0 N–H and O–H groups in total. The van der Waals surface area contributed by atoms with Crippen LogP contribution in [0.2, 0.25) is 5.02 Å². The SMILES string of the molecule is C[n+]1c(/C=C/c2ccccc2Cl)ccc2ccccc21. The van der Waals surface area contributed by atoms with Crippen molar-refractivity contribution in [1.82, 2.24) is 0 Å². The van der Waals surface area contributed by atoms with Crippen molar-refractivity contribution in [2.24, 2.45) is 7.05 Å². The van der Waals surface area contributed by atoms with Gasteiger partial charge in [-0.05, 0) is 29.8 Å². The molecule has 0 fully saturated rings.